The fourth-order valence-electron chi connectivity index (χ4n) is 3.85. The molecule has 3 atom stereocenters. The first kappa shape index (κ1) is 21.1. The molecule has 1 amide bonds. The zero-order valence-electron chi connectivity index (χ0n) is 17.4. The number of amides is 1. The van der Waals surface area contributed by atoms with Gasteiger partial charge < -0.3 is 20.5 Å². The molecule has 3 rings (SSSR count). The molecule has 1 aliphatic heterocycles. The minimum atomic E-state index is -0.567. The molecule has 156 valence electrons. The molecule has 0 fully saturated rings. The van der Waals surface area contributed by atoms with E-state index in [4.69, 9.17) is 15.2 Å². The fourth-order valence-corrected chi connectivity index (χ4v) is 3.85. The van der Waals surface area contributed by atoms with Gasteiger partial charge in [0.25, 0.3) is 0 Å². The van der Waals surface area contributed by atoms with Gasteiger partial charge in [0, 0.05) is 6.04 Å². The normalized spacial score (nSPS) is 15.8. The van der Waals surface area contributed by atoms with Gasteiger partial charge in [0.1, 0.15) is 0 Å². The molecule has 0 aliphatic carbocycles. The lowest BCUT2D eigenvalue weighted by Gasteiger charge is -2.34. The molecule has 3 N–H and O–H groups in total. The maximum atomic E-state index is 12.6. The van der Waals surface area contributed by atoms with Gasteiger partial charge in [-0.3, -0.25) is 9.69 Å². The van der Waals surface area contributed by atoms with Crippen LogP contribution in [0.2, 0.25) is 0 Å². The molecule has 1 aliphatic rings. The van der Waals surface area contributed by atoms with Gasteiger partial charge in [-0.1, -0.05) is 43.3 Å². The summed E-state index contributed by atoms with van der Waals surface area (Å²) in [4.78, 5) is 14.9. The summed E-state index contributed by atoms with van der Waals surface area (Å²) in [5.74, 6) is 1.46. The van der Waals surface area contributed by atoms with Crippen LogP contribution in [-0.4, -0.2) is 42.4 Å². The van der Waals surface area contributed by atoms with E-state index >= 15 is 0 Å². The number of ether oxygens (including phenoxy) is 2. The van der Waals surface area contributed by atoms with Crippen LogP contribution in [0.5, 0.6) is 11.5 Å². The highest BCUT2D eigenvalue weighted by Gasteiger charge is 2.23. The van der Waals surface area contributed by atoms with E-state index in [9.17, 15) is 4.79 Å². The number of rotatable bonds is 9. The first-order valence-electron chi connectivity index (χ1n) is 10.2. The number of fused-ring (bicyclic) bond motifs is 1. The highest BCUT2D eigenvalue weighted by Crippen LogP contribution is 2.33. The van der Waals surface area contributed by atoms with E-state index in [1.54, 1.807) is 0 Å². The standard InChI is InChI=1S/C23H31N3O3/c1-4-26(16(2)12-19-10-11-21-22(14-19)29-15-28-21)17(3)25-23(27)20(24)13-18-8-6-5-7-9-18/h5-11,14,16-17,20H,4,12-13,15,24H2,1-3H3,(H,25,27). The summed E-state index contributed by atoms with van der Waals surface area (Å²) >= 11 is 0. The minimum Gasteiger partial charge on any atom is -0.454 e. The second kappa shape index (κ2) is 9.76. The van der Waals surface area contributed by atoms with Crippen molar-refractivity contribution in [3.05, 3.63) is 59.7 Å². The third-order valence-electron chi connectivity index (χ3n) is 5.38. The summed E-state index contributed by atoms with van der Waals surface area (Å²) in [5, 5.41) is 3.08. The molecule has 2 aromatic carbocycles. The second-order valence-corrected chi connectivity index (χ2v) is 7.55. The van der Waals surface area contributed by atoms with E-state index in [0.717, 1.165) is 30.0 Å². The van der Waals surface area contributed by atoms with Crippen molar-refractivity contribution in [2.75, 3.05) is 13.3 Å². The zero-order chi connectivity index (χ0) is 20.8. The molecule has 0 saturated heterocycles. The average molecular weight is 398 g/mol. The largest absolute Gasteiger partial charge is 0.454 e. The smallest absolute Gasteiger partial charge is 0.238 e. The lowest BCUT2D eigenvalue weighted by Crippen LogP contribution is -2.54. The monoisotopic (exact) mass is 397 g/mol. The Kier molecular flexibility index (Phi) is 7.12. The Hall–Kier alpha value is -2.57. The van der Waals surface area contributed by atoms with Gasteiger partial charge in [0.2, 0.25) is 12.7 Å². The number of benzene rings is 2. The van der Waals surface area contributed by atoms with Crippen LogP contribution in [0.3, 0.4) is 0 Å². The van der Waals surface area contributed by atoms with Crippen LogP contribution < -0.4 is 20.5 Å². The minimum absolute atomic E-state index is 0.113. The van der Waals surface area contributed by atoms with Crippen molar-refractivity contribution in [1.82, 2.24) is 10.2 Å². The van der Waals surface area contributed by atoms with Crippen molar-refractivity contribution in [1.29, 1.82) is 0 Å². The summed E-state index contributed by atoms with van der Waals surface area (Å²) in [6.45, 7) is 7.37. The molecule has 3 unspecified atom stereocenters. The fraction of sp³-hybridized carbons (Fsp3) is 0.435. The Bertz CT molecular complexity index is 812. The topological polar surface area (TPSA) is 76.8 Å². The van der Waals surface area contributed by atoms with E-state index in [-0.39, 0.29) is 24.9 Å². The summed E-state index contributed by atoms with van der Waals surface area (Å²) < 4.78 is 10.9. The predicted molar refractivity (Wildman–Crippen MR) is 114 cm³/mol. The van der Waals surface area contributed by atoms with Crippen LogP contribution in [0, 0.1) is 0 Å². The first-order valence-corrected chi connectivity index (χ1v) is 10.2. The molecule has 1 heterocycles. The molecule has 0 aromatic heterocycles. The number of hydrogen-bond donors (Lipinski definition) is 2. The number of carbonyl (C=O) groups excluding carboxylic acids is 1. The average Bonchev–Trinajstić information content (AvgIpc) is 3.17. The zero-order valence-corrected chi connectivity index (χ0v) is 17.4. The third-order valence-corrected chi connectivity index (χ3v) is 5.38. The molecule has 0 saturated carbocycles. The van der Waals surface area contributed by atoms with E-state index in [1.165, 1.54) is 5.56 Å². The molecule has 6 heteroatoms. The summed E-state index contributed by atoms with van der Waals surface area (Å²) in [6.07, 6.45) is 1.26. The molecular formula is C23H31N3O3. The van der Waals surface area contributed by atoms with E-state index in [0.29, 0.717) is 6.42 Å². The summed E-state index contributed by atoms with van der Waals surface area (Å²) in [5.41, 5.74) is 8.38. The van der Waals surface area contributed by atoms with Gasteiger partial charge in [-0.25, -0.2) is 0 Å². The number of nitrogens with zero attached hydrogens (tertiary/aromatic N) is 1. The molecule has 2 aromatic rings. The third kappa shape index (κ3) is 5.49. The Labute approximate surface area is 173 Å². The molecule has 0 radical (unpaired) electrons. The van der Waals surface area contributed by atoms with Gasteiger partial charge >= 0.3 is 0 Å². The molecule has 0 spiro atoms. The van der Waals surface area contributed by atoms with Gasteiger partial charge in [0.15, 0.2) is 11.5 Å². The molecule has 0 bridgehead atoms. The number of nitrogens with two attached hydrogens (primary N) is 1. The van der Waals surface area contributed by atoms with Crippen molar-refractivity contribution >= 4 is 5.91 Å². The van der Waals surface area contributed by atoms with Crippen molar-refractivity contribution in [2.45, 2.75) is 51.9 Å². The van der Waals surface area contributed by atoms with Gasteiger partial charge in [-0.05, 0) is 56.5 Å². The van der Waals surface area contributed by atoms with Crippen molar-refractivity contribution in [3.63, 3.8) is 0 Å². The highest BCUT2D eigenvalue weighted by atomic mass is 16.7. The van der Waals surface area contributed by atoms with Crippen molar-refractivity contribution in [2.24, 2.45) is 5.73 Å². The van der Waals surface area contributed by atoms with Crippen LogP contribution in [0.1, 0.15) is 31.9 Å². The van der Waals surface area contributed by atoms with Crippen molar-refractivity contribution in [3.8, 4) is 11.5 Å². The van der Waals surface area contributed by atoms with Gasteiger partial charge in [0.05, 0.1) is 12.2 Å². The van der Waals surface area contributed by atoms with E-state index in [2.05, 4.69) is 30.1 Å². The Morgan fingerprint density at radius 2 is 1.79 bits per heavy atom. The molecule has 6 nitrogen and oxygen atoms in total. The van der Waals surface area contributed by atoms with Gasteiger partial charge in [-0.15, -0.1) is 0 Å². The lowest BCUT2D eigenvalue weighted by molar-refractivity contribution is -0.124. The number of likely N-dealkylation sites (N-methyl/N-ethyl adjacent to an activating group) is 1. The SMILES string of the molecule is CCN(C(C)Cc1ccc2c(c1)OCO2)C(C)NC(=O)C(N)Cc1ccccc1. The predicted octanol–water partition coefficient (Wildman–Crippen LogP) is 2.70. The molecule has 29 heavy (non-hydrogen) atoms. The quantitative estimate of drug-likeness (QED) is 0.636. The Morgan fingerprint density at radius 3 is 2.52 bits per heavy atom. The van der Waals surface area contributed by atoms with E-state index < -0.39 is 6.04 Å². The Balaban J connectivity index is 1.55. The van der Waals surface area contributed by atoms with Crippen LogP contribution in [0.4, 0.5) is 0 Å². The molecular weight excluding hydrogens is 366 g/mol. The number of carbonyl (C=O) groups is 1. The first-order chi connectivity index (χ1) is 14.0. The van der Waals surface area contributed by atoms with E-state index in [1.807, 2.05) is 49.4 Å². The van der Waals surface area contributed by atoms with Crippen LogP contribution in [0.15, 0.2) is 48.5 Å². The maximum Gasteiger partial charge on any atom is 0.238 e. The van der Waals surface area contributed by atoms with Crippen LogP contribution >= 0.6 is 0 Å². The number of hydrogen-bond acceptors (Lipinski definition) is 5. The second-order valence-electron chi connectivity index (χ2n) is 7.55. The number of nitrogens with one attached hydrogen (secondary N) is 1. The summed E-state index contributed by atoms with van der Waals surface area (Å²) in [6, 6.07) is 15.6. The highest BCUT2D eigenvalue weighted by molar-refractivity contribution is 5.82. The van der Waals surface area contributed by atoms with Crippen LogP contribution in [0.25, 0.3) is 0 Å². The Morgan fingerprint density at radius 1 is 1.07 bits per heavy atom. The van der Waals surface area contributed by atoms with Gasteiger partial charge in [-0.2, -0.15) is 0 Å². The summed E-state index contributed by atoms with van der Waals surface area (Å²) in [7, 11) is 0. The van der Waals surface area contributed by atoms with Crippen LogP contribution in [-0.2, 0) is 17.6 Å². The maximum absolute atomic E-state index is 12.6. The van der Waals surface area contributed by atoms with Crippen molar-refractivity contribution < 1.29 is 14.3 Å². The lowest BCUT2D eigenvalue weighted by atomic mass is 10.0.